The number of anilines is 1. The van der Waals surface area contributed by atoms with Crippen molar-refractivity contribution in [2.75, 3.05) is 5.32 Å². The molecule has 3 aromatic carbocycles. The monoisotopic (exact) mass is 461 g/mol. The molecule has 0 atom stereocenters. The van der Waals surface area contributed by atoms with Crippen molar-refractivity contribution >= 4 is 17.3 Å². The fourth-order valence-electron chi connectivity index (χ4n) is 3.20. The molecule has 4 aromatic rings. The summed E-state index contributed by atoms with van der Waals surface area (Å²) in [5.74, 6) is -0.494. The fourth-order valence-corrected chi connectivity index (χ4v) is 3.20. The number of hydrogen-bond donors (Lipinski definition) is 1. The highest BCUT2D eigenvalue weighted by molar-refractivity contribution is 6.04. The molecule has 0 saturated carbocycles. The van der Waals surface area contributed by atoms with Gasteiger partial charge in [0, 0.05) is 28.9 Å². The van der Waals surface area contributed by atoms with Gasteiger partial charge >= 0.3 is 6.01 Å². The van der Waals surface area contributed by atoms with Gasteiger partial charge in [0.25, 0.3) is 11.6 Å². The zero-order valence-corrected chi connectivity index (χ0v) is 18.3. The third-order valence-electron chi connectivity index (χ3n) is 4.70. The lowest BCUT2D eigenvalue weighted by atomic mass is 10.2. The predicted molar refractivity (Wildman–Crippen MR) is 124 cm³/mol. The molecular weight excluding hydrogens is 441 g/mol. The summed E-state index contributed by atoms with van der Waals surface area (Å²) in [4.78, 5) is 27.3. The molecule has 0 radical (unpaired) electrons. The second-order valence-electron chi connectivity index (χ2n) is 7.62. The first-order valence-corrected chi connectivity index (χ1v) is 10.4. The lowest BCUT2D eigenvalue weighted by Gasteiger charge is -2.09. The molecule has 0 spiro atoms. The van der Waals surface area contributed by atoms with Crippen molar-refractivity contribution in [3.8, 4) is 23.1 Å². The molecule has 1 heterocycles. The summed E-state index contributed by atoms with van der Waals surface area (Å²) in [5.41, 5.74) is 1.61. The first kappa shape index (κ1) is 22.6. The number of aromatic nitrogens is 3. The van der Waals surface area contributed by atoms with Gasteiger partial charge in [-0.15, -0.1) is 5.10 Å². The van der Waals surface area contributed by atoms with Gasteiger partial charge in [-0.3, -0.25) is 14.9 Å². The number of ether oxygens (including phenoxy) is 1. The number of benzene rings is 3. The second kappa shape index (κ2) is 9.49. The number of carbonyl (C=O) groups excluding carboxylic acids is 1. The van der Waals surface area contributed by atoms with Crippen molar-refractivity contribution in [3.05, 3.63) is 94.3 Å². The topological polar surface area (TPSA) is 112 Å². The van der Waals surface area contributed by atoms with Crippen LogP contribution in [0.3, 0.4) is 0 Å². The van der Waals surface area contributed by atoms with Crippen LogP contribution in [0.1, 0.15) is 24.2 Å². The van der Waals surface area contributed by atoms with Crippen LogP contribution in [-0.4, -0.2) is 31.7 Å². The van der Waals surface area contributed by atoms with E-state index in [1.165, 1.54) is 41.1 Å². The summed E-state index contributed by atoms with van der Waals surface area (Å²) in [6.45, 7) is 3.70. The minimum atomic E-state index is -0.558. The van der Waals surface area contributed by atoms with Gasteiger partial charge in [0.15, 0.2) is 5.82 Å². The Labute approximate surface area is 194 Å². The number of halogens is 1. The third-order valence-corrected chi connectivity index (χ3v) is 4.70. The molecule has 4 rings (SSSR count). The zero-order chi connectivity index (χ0) is 24.2. The molecule has 0 bridgehead atoms. The highest BCUT2D eigenvalue weighted by Gasteiger charge is 2.17. The van der Waals surface area contributed by atoms with E-state index < -0.39 is 16.6 Å². The van der Waals surface area contributed by atoms with E-state index in [9.17, 15) is 19.3 Å². The number of non-ortho nitro benzene ring substituents is 1. The van der Waals surface area contributed by atoms with Crippen LogP contribution >= 0.6 is 0 Å². The number of nitrogens with zero attached hydrogens (tertiary/aromatic N) is 4. The van der Waals surface area contributed by atoms with Crippen LogP contribution in [0.5, 0.6) is 6.01 Å². The molecule has 0 fully saturated rings. The number of hydrogen-bond acceptors (Lipinski definition) is 6. The molecule has 1 aromatic heterocycles. The van der Waals surface area contributed by atoms with Crippen molar-refractivity contribution in [2.24, 2.45) is 0 Å². The van der Waals surface area contributed by atoms with Crippen LogP contribution in [0.2, 0.25) is 0 Å². The molecule has 34 heavy (non-hydrogen) atoms. The van der Waals surface area contributed by atoms with Crippen LogP contribution < -0.4 is 10.1 Å². The van der Waals surface area contributed by atoms with Crippen LogP contribution in [0.25, 0.3) is 17.1 Å². The van der Waals surface area contributed by atoms with E-state index >= 15 is 0 Å². The molecule has 0 unspecified atom stereocenters. The maximum atomic E-state index is 13.8. The molecule has 1 N–H and O–H groups in total. The quantitative estimate of drug-likeness (QED) is 0.305. The van der Waals surface area contributed by atoms with E-state index in [1.54, 1.807) is 36.4 Å². The Morgan fingerprint density at radius 2 is 1.82 bits per heavy atom. The molecule has 0 aliphatic carbocycles. The SMILES string of the molecule is CC(C)Oc1nc(-c2cccc(F)c2)n(-c2ccc(NC(=O)c3cccc([N+](=O)[O-])c3)cc2)n1. The minimum Gasteiger partial charge on any atom is -0.460 e. The standard InChI is InChI=1S/C24H20FN5O4/c1-15(2)34-24-27-22(16-5-3-7-18(25)13-16)29(28-24)20-11-9-19(10-12-20)26-23(31)17-6-4-8-21(14-17)30(32)33/h3-15H,1-2H3,(H,26,31). The van der Waals surface area contributed by atoms with Gasteiger partial charge in [-0.25, -0.2) is 9.07 Å². The summed E-state index contributed by atoms with van der Waals surface area (Å²) >= 11 is 0. The van der Waals surface area contributed by atoms with Gasteiger partial charge in [0.2, 0.25) is 0 Å². The molecular formula is C24H20FN5O4. The fraction of sp³-hybridized carbons (Fsp3) is 0.125. The lowest BCUT2D eigenvalue weighted by molar-refractivity contribution is -0.384. The average molecular weight is 461 g/mol. The Balaban J connectivity index is 1.61. The minimum absolute atomic E-state index is 0.150. The van der Waals surface area contributed by atoms with Crippen molar-refractivity contribution in [1.82, 2.24) is 14.8 Å². The van der Waals surface area contributed by atoms with Crippen LogP contribution in [0.4, 0.5) is 15.8 Å². The van der Waals surface area contributed by atoms with E-state index in [-0.39, 0.29) is 23.4 Å². The summed E-state index contributed by atoms with van der Waals surface area (Å²) in [7, 11) is 0. The van der Waals surface area contributed by atoms with Gasteiger partial charge < -0.3 is 10.1 Å². The second-order valence-corrected chi connectivity index (χ2v) is 7.62. The first-order valence-electron chi connectivity index (χ1n) is 10.4. The normalized spacial score (nSPS) is 10.8. The predicted octanol–water partition coefficient (Wildman–Crippen LogP) is 5.02. The molecule has 10 heteroatoms. The van der Waals surface area contributed by atoms with Crippen molar-refractivity contribution in [2.45, 2.75) is 20.0 Å². The highest BCUT2D eigenvalue weighted by Crippen LogP contribution is 2.25. The summed E-state index contributed by atoms with van der Waals surface area (Å²) in [6, 6.07) is 18.3. The van der Waals surface area contributed by atoms with E-state index in [1.807, 2.05) is 13.8 Å². The van der Waals surface area contributed by atoms with E-state index in [4.69, 9.17) is 4.74 Å². The summed E-state index contributed by atoms with van der Waals surface area (Å²) < 4.78 is 21.0. The Hall–Kier alpha value is -4.60. The summed E-state index contributed by atoms with van der Waals surface area (Å²) in [5, 5.41) is 18.1. The van der Waals surface area contributed by atoms with E-state index in [2.05, 4.69) is 15.4 Å². The summed E-state index contributed by atoms with van der Waals surface area (Å²) in [6.07, 6.45) is -0.150. The Bertz CT molecular complexity index is 1350. The number of nitro benzene ring substituents is 1. The van der Waals surface area contributed by atoms with Crippen molar-refractivity contribution < 1.29 is 18.8 Å². The van der Waals surface area contributed by atoms with Gasteiger partial charge in [0.1, 0.15) is 5.82 Å². The van der Waals surface area contributed by atoms with Gasteiger partial charge in [-0.05, 0) is 56.3 Å². The van der Waals surface area contributed by atoms with Crippen molar-refractivity contribution in [1.29, 1.82) is 0 Å². The smallest absolute Gasteiger partial charge is 0.336 e. The maximum absolute atomic E-state index is 13.8. The zero-order valence-electron chi connectivity index (χ0n) is 18.3. The van der Waals surface area contributed by atoms with Gasteiger partial charge in [0.05, 0.1) is 16.7 Å². The molecule has 0 aliphatic rings. The van der Waals surface area contributed by atoms with Gasteiger partial charge in [-0.2, -0.15) is 4.98 Å². The average Bonchev–Trinajstić information content (AvgIpc) is 3.22. The molecule has 1 amide bonds. The van der Waals surface area contributed by atoms with Crippen LogP contribution in [0.15, 0.2) is 72.8 Å². The van der Waals surface area contributed by atoms with E-state index in [0.717, 1.165) is 0 Å². The van der Waals surface area contributed by atoms with Gasteiger partial charge in [-0.1, -0.05) is 18.2 Å². The number of rotatable bonds is 7. The number of amides is 1. The highest BCUT2D eigenvalue weighted by atomic mass is 19.1. The Kier molecular flexibility index (Phi) is 6.30. The Morgan fingerprint density at radius 1 is 1.09 bits per heavy atom. The van der Waals surface area contributed by atoms with Crippen LogP contribution in [0, 0.1) is 15.9 Å². The van der Waals surface area contributed by atoms with Crippen LogP contribution in [-0.2, 0) is 0 Å². The lowest BCUT2D eigenvalue weighted by Crippen LogP contribution is -2.12. The number of carbonyl (C=O) groups is 1. The molecule has 9 nitrogen and oxygen atoms in total. The number of nitro groups is 1. The third kappa shape index (κ3) is 5.07. The maximum Gasteiger partial charge on any atom is 0.336 e. The first-order chi connectivity index (χ1) is 16.3. The molecule has 0 saturated heterocycles. The van der Waals surface area contributed by atoms with E-state index in [0.29, 0.717) is 22.8 Å². The molecule has 0 aliphatic heterocycles. The van der Waals surface area contributed by atoms with Crippen molar-refractivity contribution in [3.63, 3.8) is 0 Å². The number of nitrogens with one attached hydrogen (secondary N) is 1. The molecule has 172 valence electrons. The Morgan fingerprint density at radius 3 is 2.50 bits per heavy atom. The largest absolute Gasteiger partial charge is 0.460 e.